The van der Waals surface area contributed by atoms with E-state index in [1.165, 1.54) is 43.4 Å². The molecular weight excluding hydrogens is 186 g/mol. The Labute approximate surface area is 91.7 Å². The van der Waals surface area contributed by atoms with Gasteiger partial charge in [-0.3, -0.25) is 4.68 Å². The van der Waals surface area contributed by atoms with Crippen LogP contribution in [0.3, 0.4) is 0 Å². The molecule has 0 amide bonds. The van der Waals surface area contributed by atoms with Crippen LogP contribution in [0, 0.1) is 0 Å². The summed E-state index contributed by atoms with van der Waals surface area (Å²) in [6.07, 6.45) is 8.65. The van der Waals surface area contributed by atoms with E-state index in [1.807, 2.05) is 24.9 Å². The maximum absolute atomic E-state index is 5.98. The summed E-state index contributed by atoms with van der Waals surface area (Å²) in [5.74, 6) is 0.687. The van der Waals surface area contributed by atoms with Crippen molar-refractivity contribution in [2.75, 3.05) is 0 Å². The van der Waals surface area contributed by atoms with Crippen LogP contribution >= 0.6 is 0 Å². The van der Waals surface area contributed by atoms with Gasteiger partial charge in [0.25, 0.3) is 0 Å². The molecule has 3 heteroatoms. The molecule has 84 valence electrons. The van der Waals surface area contributed by atoms with Crippen LogP contribution in [-0.4, -0.2) is 9.78 Å². The highest BCUT2D eigenvalue weighted by Crippen LogP contribution is 2.35. The molecule has 0 aliphatic heterocycles. The van der Waals surface area contributed by atoms with E-state index in [1.54, 1.807) is 0 Å². The average Bonchev–Trinajstić information content (AvgIpc) is 2.61. The highest BCUT2D eigenvalue weighted by atomic mass is 15.3. The van der Waals surface area contributed by atoms with Crippen molar-refractivity contribution in [2.45, 2.75) is 51.0 Å². The molecule has 0 saturated heterocycles. The number of rotatable bonds is 2. The van der Waals surface area contributed by atoms with Crippen molar-refractivity contribution in [1.82, 2.24) is 9.78 Å². The van der Waals surface area contributed by atoms with Gasteiger partial charge in [-0.05, 0) is 19.8 Å². The van der Waals surface area contributed by atoms with Crippen LogP contribution in [0.5, 0.6) is 0 Å². The summed E-state index contributed by atoms with van der Waals surface area (Å²) < 4.78 is 2.02. The Hall–Kier alpha value is -0.830. The van der Waals surface area contributed by atoms with Gasteiger partial charge in [-0.2, -0.15) is 5.10 Å². The van der Waals surface area contributed by atoms with Gasteiger partial charge in [0.1, 0.15) is 0 Å². The van der Waals surface area contributed by atoms with Crippen LogP contribution in [-0.2, 0) is 7.05 Å². The van der Waals surface area contributed by atoms with Crippen molar-refractivity contribution in [3.63, 3.8) is 0 Å². The van der Waals surface area contributed by atoms with Gasteiger partial charge < -0.3 is 5.73 Å². The molecule has 0 bridgehead atoms. The quantitative estimate of drug-likeness (QED) is 0.809. The summed E-state index contributed by atoms with van der Waals surface area (Å²) in [5, 5.41) is 4.35. The molecule has 1 aliphatic rings. The maximum Gasteiger partial charge on any atom is 0.0540 e. The Bertz CT molecular complexity index is 322. The predicted molar refractivity (Wildman–Crippen MR) is 61.6 cm³/mol. The Morgan fingerprint density at radius 3 is 2.67 bits per heavy atom. The van der Waals surface area contributed by atoms with E-state index in [4.69, 9.17) is 5.73 Å². The van der Waals surface area contributed by atoms with Gasteiger partial charge >= 0.3 is 0 Å². The zero-order valence-electron chi connectivity index (χ0n) is 9.74. The zero-order chi connectivity index (χ0) is 10.8. The monoisotopic (exact) mass is 207 g/mol. The lowest BCUT2D eigenvalue weighted by Crippen LogP contribution is -2.15. The predicted octanol–water partition coefficient (Wildman–Crippen LogP) is 2.49. The average molecular weight is 207 g/mol. The van der Waals surface area contributed by atoms with E-state index in [0.717, 1.165) is 0 Å². The van der Waals surface area contributed by atoms with Crippen molar-refractivity contribution in [2.24, 2.45) is 12.8 Å². The first-order chi connectivity index (χ1) is 7.20. The third-order valence-electron chi connectivity index (χ3n) is 3.50. The van der Waals surface area contributed by atoms with Crippen LogP contribution in [0.25, 0.3) is 0 Å². The molecule has 2 N–H and O–H groups in total. The summed E-state index contributed by atoms with van der Waals surface area (Å²) in [6.45, 7) is 2.04. The fraction of sp³-hybridized carbons (Fsp3) is 0.750. The van der Waals surface area contributed by atoms with E-state index >= 15 is 0 Å². The summed E-state index contributed by atoms with van der Waals surface area (Å²) in [6, 6.07) is 0.107. The molecule has 1 saturated carbocycles. The molecule has 1 aromatic heterocycles. The molecule has 1 heterocycles. The van der Waals surface area contributed by atoms with E-state index in [9.17, 15) is 0 Å². The van der Waals surface area contributed by atoms with Crippen molar-refractivity contribution in [3.05, 3.63) is 17.5 Å². The van der Waals surface area contributed by atoms with Crippen LogP contribution in [0.1, 0.15) is 62.2 Å². The molecule has 0 spiro atoms. The number of aryl methyl sites for hydroxylation is 1. The van der Waals surface area contributed by atoms with E-state index in [2.05, 4.69) is 5.10 Å². The Balaban J connectivity index is 2.28. The zero-order valence-corrected chi connectivity index (χ0v) is 9.74. The molecule has 1 aliphatic carbocycles. The molecule has 2 rings (SSSR count). The second kappa shape index (κ2) is 4.35. The van der Waals surface area contributed by atoms with Crippen LogP contribution < -0.4 is 5.73 Å². The SMILES string of the molecule is CC(N)c1cnn(C)c1C1CCCCC1. The van der Waals surface area contributed by atoms with Gasteiger partial charge in [0.05, 0.1) is 6.20 Å². The number of aromatic nitrogens is 2. The molecule has 1 aromatic rings. The first-order valence-corrected chi connectivity index (χ1v) is 5.97. The van der Waals surface area contributed by atoms with Gasteiger partial charge in [-0.25, -0.2) is 0 Å². The maximum atomic E-state index is 5.98. The molecular formula is C12H21N3. The minimum atomic E-state index is 0.107. The van der Waals surface area contributed by atoms with E-state index in [0.29, 0.717) is 5.92 Å². The number of hydrogen-bond donors (Lipinski definition) is 1. The van der Waals surface area contributed by atoms with Gasteiger partial charge in [0.2, 0.25) is 0 Å². The molecule has 1 unspecified atom stereocenters. The molecule has 15 heavy (non-hydrogen) atoms. The van der Waals surface area contributed by atoms with Gasteiger partial charge in [0, 0.05) is 30.3 Å². The fourth-order valence-electron chi connectivity index (χ4n) is 2.69. The Morgan fingerprint density at radius 2 is 2.07 bits per heavy atom. The van der Waals surface area contributed by atoms with E-state index in [-0.39, 0.29) is 6.04 Å². The van der Waals surface area contributed by atoms with E-state index < -0.39 is 0 Å². The number of hydrogen-bond acceptors (Lipinski definition) is 2. The molecule has 1 fully saturated rings. The number of nitrogens with zero attached hydrogens (tertiary/aromatic N) is 2. The molecule has 0 aromatic carbocycles. The van der Waals surface area contributed by atoms with Gasteiger partial charge in [0.15, 0.2) is 0 Å². The normalized spacial score (nSPS) is 20.5. The van der Waals surface area contributed by atoms with Crippen molar-refractivity contribution in [3.8, 4) is 0 Å². The lowest BCUT2D eigenvalue weighted by Gasteiger charge is -2.23. The lowest BCUT2D eigenvalue weighted by molar-refractivity contribution is 0.421. The highest BCUT2D eigenvalue weighted by molar-refractivity contribution is 5.25. The fourth-order valence-corrected chi connectivity index (χ4v) is 2.69. The smallest absolute Gasteiger partial charge is 0.0540 e. The summed E-state index contributed by atoms with van der Waals surface area (Å²) in [7, 11) is 2.04. The molecule has 0 radical (unpaired) electrons. The third-order valence-corrected chi connectivity index (χ3v) is 3.50. The van der Waals surface area contributed by atoms with Crippen LogP contribution in [0.15, 0.2) is 6.20 Å². The summed E-state index contributed by atoms with van der Waals surface area (Å²) in [5.41, 5.74) is 8.60. The number of nitrogens with two attached hydrogens (primary N) is 1. The molecule has 1 atom stereocenters. The largest absolute Gasteiger partial charge is 0.324 e. The van der Waals surface area contributed by atoms with Gasteiger partial charge in [-0.1, -0.05) is 19.3 Å². The first-order valence-electron chi connectivity index (χ1n) is 5.97. The summed E-state index contributed by atoms with van der Waals surface area (Å²) >= 11 is 0. The highest BCUT2D eigenvalue weighted by Gasteiger charge is 2.23. The van der Waals surface area contributed by atoms with Crippen LogP contribution in [0.4, 0.5) is 0 Å². The Morgan fingerprint density at radius 1 is 1.40 bits per heavy atom. The molecule has 3 nitrogen and oxygen atoms in total. The lowest BCUT2D eigenvalue weighted by atomic mass is 9.84. The standard InChI is InChI=1S/C12H21N3/c1-9(13)11-8-14-15(2)12(11)10-6-4-3-5-7-10/h8-10H,3-7,13H2,1-2H3. The Kier molecular flexibility index (Phi) is 3.10. The second-order valence-corrected chi connectivity index (χ2v) is 4.73. The van der Waals surface area contributed by atoms with Crippen LogP contribution in [0.2, 0.25) is 0 Å². The minimum Gasteiger partial charge on any atom is -0.324 e. The first kappa shape index (κ1) is 10.7. The third kappa shape index (κ3) is 2.07. The van der Waals surface area contributed by atoms with Gasteiger partial charge in [-0.15, -0.1) is 0 Å². The summed E-state index contributed by atoms with van der Waals surface area (Å²) in [4.78, 5) is 0. The second-order valence-electron chi connectivity index (χ2n) is 4.73. The van der Waals surface area contributed by atoms with Crippen molar-refractivity contribution >= 4 is 0 Å². The van der Waals surface area contributed by atoms with Crippen molar-refractivity contribution < 1.29 is 0 Å². The minimum absolute atomic E-state index is 0.107. The topological polar surface area (TPSA) is 43.8 Å². The van der Waals surface area contributed by atoms with Crippen molar-refractivity contribution in [1.29, 1.82) is 0 Å².